The molecule has 1 aromatic rings. The van der Waals surface area contributed by atoms with Crippen LogP contribution in [0.4, 0.5) is 0 Å². The van der Waals surface area contributed by atoms with Crippen molar-refractivity contribution in [3.05, 3.63) is 23.9 Å². The molecule has 1 aromatic heterocycles. The second-order valence-electron chi connectivity index (χ2n) is 4.44. The summed E-state index contributed by atoms with van der Waals surface area (Å²) >= 11 is 1.24. The predicted octanol–water partition coefficient (Wildman–Crippen LogP) is -0.924. The molecular weight excluding hydrogens is 284 g/mol. The van der Waals surface area contributed by atoms with Crippen LogP contribution in [0, 0.1) is 5.92 Å². The summed E-state index contributed by atoms with van der Waals surface area (Å²) in [4.78, 5) is 28.5. The Bertz CT molecular complexity index is 626. The van der Waals surface area contributed by atoms with Crippen LogP contribution in [0.15, 0.2) is 18.2 Å². The van der Waals surface area contributed by atoms with Crippen LogP contribution < -0.4 is 5.73 Å². The molecule has 0 aliphatic carbocycles. The molecule has 8 nitrogen and oxygen atoms in total. The van der Waals surface area contributed by atoms with Crippen LogP contribution in [-0.4, -0.2) is 48.5 Å². The van der Waals surface area contributed by atoms with Crippen LogP contribution in [0.25, 0.3) is 5.03 Å². The molecule has 0 aromatic carbocycles. The number of hydrogen-bond donors (Lipinski definition) is 3. The number of carbonyl (C=O) groups is 2. The van der Waals surface area contributed by atoms with Gasteiger partial charge < -0.3 is 15.9 Å². The number of carboxylic acid groups (broad SMARTS) is 1. The second kappa shape index (κ2) is 4.62. The first kappa shape index (κ1) is 13.2. The molecule has 1 fully saturated rings. The van der Waals surface area contributed by atoms with Gasteiger partial charge in [-0.3, -0.25) is 14.3 Å². The lowest BCUT2D eigenvalue weighted by Crippen LogP contribution is -2.58. The number of aliphatic hydroxyl groups excluding tert-OH is 1. The van der Waals surface area contributed by atoms with Crippen molar-refractivity contribution in [2.75, 3.05) is 6.61 Å². The minimum atomic E-state index is -1.18. The van der Waals surface area contributed by atoms with E-state index in [1.54, 1.807) is 10.8 Å². The van der Waals surface area contributed by atoms with Crippen LogP contribution in [0.5, 0.6) is 0 Å². The maximum atomic E-state index is 11.8. The van der Waals surface area contributed by atoms with Crippen LogP contribution in [-0.2, 0) is 16.1 Å². The SMILES string of the molecule is NCc1cn(C2=C(C(=O)O)N3C(=O)[C@H](CO)[C@H]3S2)cn1. The quantitative estimate of drug-likeness (QED) is 0.614. The molecular formula is C11H12N4O4S. The van der Waals surface area contributed by atoms with E-state index in [1.165, 1.54) is 23.0 Å². The number of nitrogens with zero attached hydrogens (tertiary/aromatic N) is 3. The van der Waals surface area contributed by atoms with Gasteiger partial charge in [-0.05, 0) is 0 Å². The van der Waals surface area contributed by atoms with E-state index in [9.17, 15) is 14.7 Å². The fourth-order valence-electron chi connectivity index (χ4n) is 2.30. The third kappa shape index (κ3) is 1.67. The molecule has 4 N–H and O–H groups in total. The van der Waals surface area contributed by atoms with Gasteiger partial charge in [0.2, 0.25) is 5.91 Å². The molecule has 0 saturated carbocycles. The maximum Gasteiger partial charge on any atom is 0.355 e. The van der Waals surface area contributed by atoms with Crippen molar-refractivity contribution in [3.63, 3.8) is 0 Å². The Balaban J connectivity index is 2.01. The van der Waals surface area contributed by atoms with E-state index in [0.29, 0.717) is 10.7 Å². The summed E-state index contributed by atoms with van der Waals surface area (Å²) < 4.78 is 1.55. The first-order chi connectivity index (χ1) is 9.58. The fraction of sp³-hybridized carbons (Fsp3) is 0.364. The molecule has 0 spiro atoms. The number of thioether (sulfide) groups is 1. The third-order valence-corrected chi connectivity index (χ3v) is 4.72. The third-order valence-electron chi connectivity index (χ3n) is 3.31. The monoisotopic (exact) mass is 296 g/mol. The van der Waals surface area contributed by atoms with E-state index in [0.717, 1.165) is 0 Å². The van der Waals surface area contributed by atoms with Gasteiger partial charge in [-0.1, -0.05) is 11.8 Å². The molecule has 3 heterocycles. The zero-order valence-corrected chi connectivity index (χ0v) is 11.1. The first-order valence-corrected chi connectivity index (χ1v) is 6.78. The normalized spacial score (nSPS) is 24.9. The largest absolute Gasteiger partial charge is 0.476 e. The van der Waals surface area contributed by atoms with Gasteiger partial charge in [0.1, 0.15) is 10.4 Å². The molecule has 106 valence electrons. The van der Waals surface area contributed by atoms with Crippen molar-refractivity contribution in [2.45, 2.75) is 11.9 Å². The number of carbonyl (C=O) groups excluding carboxylic acids is 1. The van der Waals surface area contributed by atoms with E-state index < -0.39 is 11.9 Å². The summed E-state index contributed by atoms with van der Waals surface area (Å²) in [5, 5.41) is 18.5. The van der Waals surface area contributed by atoms with Crippen molar-refractivity contribution in [1.29, 1.82) is 0 Å². The molecule has 1 amide bonds. The van der Waals surface area contributed by atoms with Crippen molar-refractivity contribution in [3.8, 4) is 0 Å². The van der Waals surface area contributed by atoms with Gasteiger partial charge in [0.15, 0.2) is 5.70 Å². The Morgan fingerprint density at radius 1 is 1.55 bits per heavy atom. The van der Waals surface area contributed by atoms with Crippen molar-refractivity contribution < 1.29 is 19.8 Å². The summed E-state index contributed by atoms with van der Waals surface area (Å²) in [5.41, 5.74) is 6.03. The number of rotatable bonds is 4. The lowest BCUT2D eigenvalue weighted by Gasteiger charge is -2.40. The maximum absolute atomic E-state index is 11.8. The number of aromatic nitrogens is 2. The zero-order valence-electron chi connectivity index (χ0n) is 10.3. The minimum absolute atomic E-state index is 0.0735. The van der Waals surface area contributed by atoms with Crippen LogP contribution in [0.3, 0.4) is 0 Å². The van der Waals surface area contributed by atoms with Gasteiger partial charge in [0.25, 0.3) is 0 Å². The summed E-state index contributed by atoms with van der Waals surface area (Å²) in [6, 6.07) is 0. The Morgan fingerprint density at radius 3 is 2.85 bits per heavy atom. The molecule has 2 aliphatic rings. The minimum Gasteiger partial charge on any atom is -0.476 e. The molecule has 20 heavy (non-hydrogen) atoms. The Hall–Kier alpha value is -1.84. The molecule has 0 radical (unpaired) electrons. The van der Waals surface area contributed by atoms with Crippen molar-refractivity contribution in [1.82, 2.24) is 14.5 Å². The van der Waals surface area contributed by atoms with Crippen molar-refractivity contribution in [2.24, 2.45) is 11.7 Å². The molecule has 2 aliphatic heterocycles. The average Bonchev–Trinajstić information content (AvgIpc) is 3.00. The molecule has 3 rings (SSSR count). The van der Waals surface area contributed by atoms with Crippen LogP contribution in [0.2, 0.25) is 0 Å². The highest BCUT2D eigenvalue weighted by molar-refractivity contribution is 8.08. The van der Waals surface area contributed by atoms with E-state index in [1.807, 2.05) is 0 Å². The molecule has 0 unspecified atom stereocenters. The molecule has 0 bridgehead atoms. The highest BCUT2D eigenvalue weighted by atomic mass is 32.2. The lowest BCUT2D eigenvalue weighted by atomic mass is 9.98. The summed E-state index contributed by atoms with van der Waals surface area (Å²) in [6.07, 6.45) is 3.10. The molecule has 2 atom stereocenters. The number of aliphatic carboxylic acids is 1. The number of β-lactam (4-membered cyclic amide) rings is 1. The lowest BCUT2D eigenvalue weighted by molar-refractivity contribution is -0.153. The number of imidazole rings is 1. The van der Waals surface area contributed by atoms with Crippen molar-refractivity contribution >= 4 is 28.7 Å². The standard InChI is InChI=1S/C11H12N4O4S/c12-1-5-2-14(4-13-5)10-7(11(18)19)15-8(17)6(3-16)9(15)20-10/h2,4,6,9,16H,1,3,12H2,(H,18,19)/t6-,9+/m0/s1. The highest BCUT2D eigenvalue weighted by Crippen LogP contribution is 2.50. The number of amides is 1. The van der Waals surface area contributed by atoms with Gasteiger partial charge in [-0.15, -0.1) is 0 Å². The summed E-state index contributed by atoms with van der Waals surface area (Å²) in [7, 11) is 0. The number of nitrogens with two attached hydrogens (primary N) is 1. The number of fused-ring (bicyclic) bond motifs is 1. The van der Waals surface area contributed by atoms with Gasteiger partial charge in [-0.25, -0.2) is 9.78 Å². The highest BCUT2D eigenvalue weighted by Gasteiger charge is 2.56. The van der Waals surface area contributed by atoms with E-state index in [4.69, 9.17) is 10.8 Å². The number of carboxylic acids is 1. The van der Waals surface area contributed by atoms with Gasteiger partial charge >= 0.3 is 5.97 Å². The molecule has 1 saturated heterocycles. The first-order valence-electron chi connectivity index (χ1n) is 5.90. The smallest absolute Gasteiger partial charge is 0.355 e. The summed E-state index contributed by atoms with van der Waals surface area (Å²) in [6.45, 7) is -0.0378. The zero-order chi connectivity index (χ0) is 14.4. The number of aliphatic hydroxyl groups is 1. The van der Waals surface area contributed by atoms with E-state index >= 15 is 0 Å². The second-order valence-corrected chi connectivity index (χ2v) is 5.55. The Morgan fingerprint density at radius 2 is 2.30 bits per heavy atom. The number of hydrogen-bond acceptors (Lipinski definition) is 6. The van der Waals surface area contributed by atoms with E-state index in [2.05, 4.69) is 4.98 Å². The van der Waals surface area contributed by atoms with E-state index in [-0.39, 0.29) is 30.1 Å². The fourth-order valence-corrected chi connectivity index (χ4v) is 3.72. The average molecular weight is 296 g/mol. The Kier molecular flexibility index (Phi) is 3.04. The van der Waals surface area contributed by atoms with Crippen LogP contribution in [0.1, 0.15) is 5.69 Å². The predicted molar refractivity (Wildman–Crippen MR) is 69.8 cm³/mol. The van der Waals surface area contributed by atoms with Gasteiger partial charge in [0, 0.05) is 12.7 Å². The summed E-state index contributed by atoms with van der Waals surface area (Å²) in [5.74, 6) is -2.09. The molecule has 9 heteroatoms. The van der Waals surface area contributed by atoms with Gasteiger partial charge in [0.05, 0.1) is 24.5 Å². The topological polar surface area (TPSA) is 122 Å². The van der Waals surface area contributed by atoms with Crippen LogP contribution >= 0.6 is 11.8 Å². The van der Waals surface area contributed by atoms with Gasteiger partial charge in [-0.2, -0.15) is 0 Å². The Labute approximate surface area is 117 Å².